The molecular formula is C19H20N4O3. The van der Waals surface area contributed by atoms with Crippen molar-refractivity contribution in [2.45, 2.75) is 25.8 Å². The van der Waals surface area contributed by atoms with Gasteiger partial charge in [-0.05, 0) is 43.0 Å². The van der Waals surface area contributed by atoms with Gasteiger partial charge in [0.25, 0.3) is 11.5 Å². The summed E-state index contributed by atoms with van der Waals surface area (Å²) in [5.74, 6) is 0.516. The maximum atomic E-state index is 12.3. The van der Waals surface area contributed by atoms with E-state index in [1.54, 1.807) is 19.2 Å². The number of benzene rings is 1. The summed E-state index contributed by atoms with van der Waals surface area (Å²) in [6.45, 7) is 0.690. The Hall–Kier alpha value is -3.09. The molecule has 4 rings (SSSR count). The largest absolute Gasteiger partial charge is 0.497 e. The number of nitrogens with one attached hydrogen (secondary N) is 2. The van der Waals surface area contributed by atoms with Crippen molar-refractivity contribution < 1.29 is 9.53 Å². The fourth-order valence-electron chi connectivity index (χ4n) is 3.33. The Morgan fingerprint density at radius 3 is 3.04 bits per heavy atom. The zero-order chi connectivity index (χ0) is 18.1. The fourth-order valence-corrected chi connectivity index (χ4v) is 3.33. The number of nitrogens with zero attached hydrogens (tertiary/aromatic N) is 2. The van der Waals surface area contributed by atoms with Crippen LogP contribution in [0.3, 0.4) is 0 Å². The molecule has 2 heterocycles. The lowest BCUT2D eigenvalue weighted by Crippen LogP contribution is -2.32. The number of aromatic nitrogens is 3. The van der Waals surface area contributed by atoms with Gasteiger partial charge in [-0.3, -0.25) is 9.59 Å². The van der Waals surface area contributed by atoms with Crippen molar-refractivity contribution in [3.63, 3.8) is 0 Å². The van der Waals surface area contributed by atoms with Gasteiger partial charge < -0.3 is 15.0 Å². The van der Waals surface area contributed by atoms with Crippen molar-refractivity contribution in [3.8, 4) is 5.75 Å². The average molecular weight is 352 g/mol. The molecule has 1 amide bonds. The lowest BCUT2D eigenvalue weighted by molar-refractivity contribution is 0.0947. The molecule has 7 heteroatoms. The highest BCUT2D eigenvalue weighted by atomic mass is 16.5. The van der Waals surface area contributed by atoms with Gasteiger partial charge in [0.05, 0.1) is 19.3 Å². The minimum atomic E-state index is -0.214. The third kappa shape index (κ3) is 3.08. The van der Waals surface area contributed by atoms with Gasteiger partial charge in [-0.15, -0.1) is 0 Å². The molecule has 7 nitrogen and oxygen atoms in total. The zero-order valence-corrected chi connectivity index (χ0v) is 14.5. The van der Waals surface area contributed by atoms with Crippen molar-refractivity contribution in [3.05, 3.63) is 57.6 Å². The molecule has 0 unspecified atom stereocenters. The predicted molar refractivity (Wildman–Crippen MR) is 97.7 cm³/mol. The van der Waals surface area contributed by atoms with Crippen LogP contribution in [0.1, 0.15) is 28.2 Å². The molecule has 0 saturated heterocycles. The summed E-state index contributed by atoms with van der Waals surface area (Å²) in [4.78, 5) is 27.5. The van der Waals surface area contributed by atoms with Crippen LogP contribution < -0.4 is 15.6 Å². The minimum absolute atomic E-state index is 0.113. The van der Waals surface area contributed by atoms with Crippen LogP contribution in [-0.2, 0) is 19.4 Å². The Labute approximate surface area is 150 Å². The van der Waals surface area contributed by atoms with E-state index < -0.39 is 0 Å². The quantitative estimate of drug-likeness (QED) is 0.731. The van der Waals surface area contributed by atoms with E-state index in [0.717, 1.165) is 47.2 Å². The SMILES string of the molecule is COc1ccc2cc(C(=O)NCCn3nc4c(cc3=O)CCC4)[nH]c2c1. The van der Waals surface area contributed by atoms with Crippen molar-refractivity contribution in [2.24, 2.45) is 0 Å². The minimum Gasteiger partial charge on any atom is -0.497 e. The van der Waals surface area contributed by atoms with E-state index in [1.165, 1.54) is 4.68 Å². The van der Waals surface area contributed by atoms with Gasteiger partial charge in [-0.25, -0.2) is 4.68 Å². The average Bonchev–Trinajstić information content (AvgIpc) is 3.27. The van der Waals surface area contributed by atoms with Crippen LogP contribution in [0.25, 0.3) is 10.9 Å². The normalized spacial score (nSPS) is 13.0. The molecule has 1 aliphatic rings. The first-order valence-electron chi connectivity index (χ1n) is 8.69. The number of H-pyrrole nitrogens is 1. The highest BCUT2D eigenvalue weighted by molar-refractivity contribution is 5.98. The second-order valence-corrected chi connectivity index (χ2v) is 6.42. The first kappa shape index (κ1) is 16.4. The topological polar surface area (TPSA) is 89.0 Å². The van der Waals surface area contributed by atoms with E-state index in [2.05, 4.69) is 15.4 Å². The Morgan fingerprint density at radius 2 is 2.19 bits per heavy atom. The molecule has 2 N–H and O–H groups in total. The molecular weight excluding hydrogens is 332 g/mol. The molecule has 0 bridgehead atoms. The molecule has 0 radical (unpaired) electrons. The summed E-state index contributed by atoms with van der Waals surface area (Å²) in [6.07, 6.45) is 2.90. The smallest absolute Gasteiger partial charge is 0.267 e. The Bertz CT molecular complexity index is 1030. The van der Waals surface area contributed by atoms with Gasteiger partial charge in [0, 0.05) is 29.6 Å². The lowest BCUT2D eigenvalue weighted by Gasteiger charge is -2.07. The van der Waals surface area contributed by atoms with Crippen LogP contribution in [0.2, 0.25) is 0 Å². The summed E-state index contributed by atoms with van der Waals surface area (Å²) in [5, 5.41) is 8.18. The Kier molecular flexibility index (Phi) is 4.20. The lowest BCUT2D eigenvalue weighted by atomic mass is 10.2. The fraction of sp³-hybridized carbons (Fsp3) is 0.316. The molecule has 3 aromatic rings. The summed E-state index contributed by atoms with van der Waals surface area (Å²) in [5.41, 5.74) is 3.26. The maximum Gasteiger partial charge on any atom is 0.267 e. The van der Waals surface area contributed by atoms with Gasteiger partial charge in [-0.2, -0.15) is 5.10 Å². The summed E-state index contributed by atoms with van der Waals surface area (Å²) in [6, 6.07) is 9.06. The molecule has 0 saturated carbocycles. The molecule has 0 spiro atoms. The van der Waals surface area contributed by atoms with E-state index >= 15 is 0 Å². The number of methoxy groups -OCH3 is 1. The van der Waals surface area contributed by atoms with E-state index in [1.807, 2.05) is 18.2 Å². The van der Waals surface area contributed by atoms with Crippen molar-refractivity contribution in [2.75, 3.05) is 13.7 Å². The first-order chi connectivity index (χ1) is 12.6. The Morgan fingerprint density at radius 1 is 1.31 bits per heavy atom. The number of carbonyl (C=O) groups excluding carboxylic acids is 1. The van der Waals surface area contributed by atoms with E-state index in [4.69, 9.17) is 4.74 Å². The number of carbonyl (C=O) groups is 1. The number of ether oxygens (including phenoxy) is 1. The van der Waals surface area contributed by atoms with Crippen LogP contribution >= 0.6 is 0 Å². The molecule has 1 aromatic carbocycles. The molecule has 0 atom stereocenters. The summed E-state index contributed by atoms with van der Waals surface area (Å²) < 4.78 is 6.62. The zero-order valence-electron chi connectivity index (χ0n) is 14.5. The standard InChI is InChI=1S/C19H20N4O3/c1-26-14-6-5-13-9-17(21-16(13)11-14)19(25)20-7-8-23-18(24)10-12-3-2-4-15(12)22-23/h5-6,9-11,21H,2-4,7-8H2,1H3,(H,20,25). The van der Waals surface area contributed by atoms with Gasteiger partial charge in [-0.1, -0.05) is 0 Å². The van der Waals surface area contributed by atoms with E-state index in [9.17, 15) is 9.59 Å². The van der Waals surface area contributed by atoms with Crippen molar-refractivity contribution in [1.29, 1.82) is 0 Å². The number of fused-ring (bicyclic) bond motifs is 2. The number of amides is 1. The first-order valence-corrected chi connectivity index (χ1v) is 8.69. The van der Waals surface area contributed by atoms with E-state index in [-0.39, 0.29) is 11.5 Å². The molecule has 1 aliphatic carbocycles. The molecule has 26 heavy (non-hydrogen) atoms. The third-order valence-corrected chi connectivity index (χ3v) is 4.71. The molecule has 2 aromatic heterocycles. The second kappa shape index (κ2) is 6.67. The molecule has 0 fully saturated rings. The Balaban J connectivity index is 1.42. The monoisotopic (exact) mass is 352 g/mol. The van der Waals surface area contributed by atoms with Gasteiger partial charge in [0.15, 0.2) is 0 Å². The van der Waals surface area contributed by atoms with Gasteiger partial charge in [0.1, 0.15) is 11.4 Å². The highest BCUT2D eigenvalue weighted by Crippen LogP contribution is 2.21. The maximum absolute atomic E-state index is 12.3. The number of aryl methyl sites for hydroxylation is 2. The van der Waals surface area contributed by atoms with Crippen molar-refractivity contribution >= 4 is 16.8 Å². The van der Waals surface area contributed by atoms with Crippen LogP contribution in [-0.4, -0.2) is 34.3 Å². The second-order valence-electron chi connectivity index (χ2n) is 6.42. The highest BCUT2D eigenvalue weighted by Gasteiger charge is 2.15. The van der Waals surface area contributed by atoms with Crippen LogP contribution in [0.5, 0.6) is 5.75 Å². The van der Waals surface area contributed by atoms with Crippen molar-refractivity contribution in [1.82, 2.24) is 20.1 Å². The van der Waals surface area contributed by atoms with Gasteiger partial charge >= 0.3 is 0 Å². The predicted octanol–water partition coefficient (Wildman–Crippen LogP) is 1.65. The molecule has 0 aliphatic heterocycles. The van der Waals surface area contributed by atoms with E-state index in [0.29, 0.717) is 18.8 Å². The molecule has 134 valence electrons. The number of aromatic amines is 1. The summed E-state index contributed by atoms with van der Waals surface area (Å²) in [7, 11) is 1.60. The number of hydrogen-bond donors (Lipinski definition) is 2. The summed E-state index contributed by atoms with van der Waals surface area (Å²) >= 11 is 0. The number of hydrogen-bond acceptors (Lipinski definition) is 4. The van der Waals surface area contributed by atoms with Crippen LogP contribution in [0.4, 0.5) is 0 Å². The van der Waals surface area contributed by atoms with Crippen LogP contribution in [0.15, 0.2) is 35.1 Å². The number of rotatable bonds is 5. The van der Waals surface area contributed by atoms with Crippen LogP contribution in [0, 0.1) is 0 Å². The van der Waals surface area contributed by atoms with Gasteiger partial charge in [0.2, 0.25) is 0 Å². The third-order valence-electron chi connectivity index (χ3n) is 4.71.